The lowest BCUT2D eigenvalue weighted by molar-refractivity contribution is -0.153. The predicted octanol–water partition coefficient (Wildman–Crippen LogP) is 1.59. The Kier molecular flexibility index (Phi) is 6.76. The van der Waals surface area contributed by atoms with Gasteiger partial charge in [0, 0.05) is 19.2 Å². The molecule has 1 atom stereocenters. The van der Waals surface area contributed by atoms with E-state index < -0.39 is 24.0 Å². The lowest BCUT2D eigenvalue weighted by atomic mass is 10.3. The number of urea groups is 1. The van der Waals surface area contributed by atoms with Crippen molar-refractivity contribution in [3.05, 3.63) is 22.3 Å². The molecule has 1 fully saturated rings. The SMILES string of the molecule is C[C@@H](OC(=O)CCCN1C(=O)CNC1=O)C(=O)Nc1ncc(Cl)cc1Cl. The number of nitrogens with zero attached hydrogens (tertiary/aromatic N) is 2. The molecule has 26 heavy (non-hydrogen) atoms. The second kappa shape index (κ2) is 8.81. The topological polar surface area (TPSA) is 118 Å². The van der Waals surface area contributed by atoms with Gasteiger partial charge in [-0.3, -0.25) is 19.3 Å². The van der Waals surface area contributed by atoms with Crippen LogP contribution in [0.4, 0.5) is 10.6 Å². The van der Waals surface area contributed by atoms with Crippen LogP contribution in [0.15, 0.2) is 12.3 Å². The van der Waals surface area contributed by atoms with Gasteiger partial charge < -0.3 is 15.4 Å². The van der Waals surface area contributed by atoms with E-state index in [-0.39, 0.29) is 42.7 Å². The third-order valence-electron chi connectivity index (χ3n) is 3.43. The van der Waals surface area contributed by atoms with Crippen molar-refractivity contribution in [2.75, 3.05) is 18.4 Å². The number of pyridine rings is 1. The van der Waals surface area contributed by atoms with Crippen LogP contribution in [0.3, 0.4) is 0 Å². The van der Waals surface area contributed by atoms with Crippen molar-refractivity contribution in [1.82, 2.24) is 15.2 Å². The van der Waals surface area contributed by atoms with Crippen molar-refractivity contribution in [2.24, 2.45) is 0 Å². The second-order valence-corrected chi connectivity index (χ2v) is 6.26. The number of rotatable bonds is 7. The first-order valence-electron chi connectivity index (χ1n) is 7.67. The summed E-state index contributed by atoms with van der Waals surface area (Å²) >= 11 is 11.6. The van der Waals surface area contributed by atoms with E-state index in [4.69, 9.17) is 27.9 Å². The van der Waals surface area contributed by atoms with Crippen molar-refractivity contribution in [3.8, 4) is 0 Å². The Balaban J connectivity index is 1.76. The number of anilines is 1. The highest BCUT2D eigenvalue weighted by Gasteiger charge is 2.28. The summed E-state index contributed by atoms with van der Waals surface area (Å²) in [4.78, 5) is 51.5. The largest absolute Gasteiger partial charge is 0.453 e. The van der Waals surface area contributed by atoms with Crippen LogP contribution < -0.4 is 10.6 Å². The molecule has 1 aliphatic rings. The predicted molar refractivity (Wildman–Crippen MR) is 92.8 cm³/mol. The van der Waals surface area contributed by atoms with Crippen molar-refractivity contribution < 1.29 is 23.9 Å². The maximum absolute atomic E-state index is 12.0. The number of carbonyl (C=O) groups excluding carboxylic acids is 4. The van der Waals surface area contributed by atoms with E-state index in [0.717, 1.165) is 4.90 Å². The Morgan fingerprint density at radius 3 is 2.77 bits per heavy atom. The van der Waals surface area contributed by atoms with E-state index in [1.165, 1.54) is 19.2 Å². The molecule has 0 saturated carbocycles. The van der Waals surface area contributed by atoms with E-state index in [9.17, 15) is 19.2 Å². The quantitative estimate of drug-likeness (QED) is 0.528. The molecule has 2 N–H and O–H groups in total. The molecule has 1 aromatic rings. The molecule has 0 unspecified atom stereocenters. The molecule has 140 valence electrons. The number of nitrogens with one attached hydrogen (secondary N) is 2. The van der Waals surface area contributed by atoms with Gasteiger partial charge >= 0.3 is 12.0 Å². The molecule has 1 aromatic heterocycles. The zero-order valence-corrected chi connectivity index (χ0v) is 15.3. The third kappa shape index (κ3) is 5.30. The number of esters is 1. The van der Waals surface area contributed by atoms with Gasteiger partial charge in [0.05, 0.1) is 16.6 Å². The van der Waals surface area contributed by atoms with E-state index in [1.54, 1.807) is 0 Å². The Morgan fingerprint density at radius 2 is 2.15 bits per heavy atom. The van der Waals surface area contributed by atoms with Crippen LogP contribution in [-0.2, 0) is 19.1 Å². The molecule has 4 amide bonds. The Labute approximate surface area is 159 Å². The summed E-state index contributed by atoms with van der Waals surface area (Å²) in [5.41, 5.74) is 0. The van der Waals surface area contributed by atoms with Gasteiger partial charge in [-0.05, 0) is 19.4 Å². The minimum absolute atomic E-state index is 0.0399. The summed E-state index contributed by atoms with van der Waals surface area (Å²) in [6, 6.07) is 0.932. The van der Waals surface area contributed by atoms with Gasteiger partial charge in [0.25, 0.3) is 5.91 Å². The molecule has 0 radical (unpaired) electrons. The summed E-state index contributed by atoms with van der Waals surface area (Å²) in [5, 5.41) is 5.28. The normalized spacial score (nSPS) is 14.8. The van der Waals surface area contributed by atoms with Crippen LogP contribution in [0.1, 0.15) is 19.8 Å². The van der Waals surface area contributed by atoms with Crippen molar-refractivity contribution in [1.29, 1.82) is 0 Å². The fourth-order valence-electron chi connectivity index (χ4n) is 2.10. The third-order valence-corrected chi connectivity index (χ3v) is 3.92. The number of aromatic nitrogens is 1. The van der Waals surface area contributed by atoms with Gasteiger partial charge in [0.1, 0.15) is 0 Å². The average molecular weight is 403 g/mol. The van der Waals surface area contributed by atoms with Crippen LogP contribution in [0.25, 0.3) is 0 Å². The molecule has 1 saturated heterocycles. The highest BCUT2D eigenvalue weighted by molar-refractivity contribution is 6.36. The minimum Gasteiger partial charge on any atom is -0.453 e. The van der Waals surface area contributed by atoms with Gasteiger partial charge in [-0.15, -0.1) is 0 Å². The fraction of sp³-hybridized carbons (Fsp3) is 0.400. The van der Waals surface area contributed by atoms with Crippen molar-refractivity contribution in [3.63, 3.8) is 0 Å². The van der Waals surface area contributed by atoms with Gasteiger partial charge in [-0.25, -0.2) is 9.78 Å². The summed E-state index contributed by atoms with van der Waals surface area (Å²) in [7, 11) is 0. The number of halogens is 2. The van der Waals surface area contributed by atoms with Crippen LogP contribution >= 0.6 is 23.2 Å². The molecule has 1 aliphatic heterocycles. The van der Waals surface area contributed by atoms with Crippen molar-refractivity contribution >= 4 is 52.8 Å². The standard InChI is InChI=1S/C15H16Cl2N4O5/c1-8(14(24)20-13-10(17)5-9(16)6-18-13)26-12(23)3-2-4-21-11(22)7-19-15(21)25/h5-6,8H,2-4,7H2,1H3,(H,19,25)(H,18,20,24)/t8-/m1/s1. The maximum Gasteiger partial charge on any atom is 0.324 e. The average Bonchev–Trinajstić information content (AvgIpc) is 2.89. The number of hydrogen-bond acceptors (Lipinski definition) is 6. The van der Waals surface area contributed by atoms with E-state index in [1.807, 2.05) is 0 Å². The molecule has 9 nitrogen and oxygen atoms in total. The monoisotopic (exact) mass is 402 g/mol. The van der Waals surface area contributed by atoms with Crippen LogP contribution in [0.5, 0.6) is 0 Å². The Morgan fingerprint density at radius 1 is 1.42 bits per heavy atom. The highest BCUT2D eigenvalue weighted by atomic mass is 35.5. The first-order chi connectivity index (χ1) is 12.3. The fourth-order valence-corrected chi connectivity index (χ4v) is 2.52. The summed E-state index contributed by atoms with van der Waals surface area (Å²) in [5.74, 6) is -1.48. The number of imide groups is 1. The van der Waals surface area contributed by atoms with Crippen LogP contribution in [0, 0.1) is 0 Å². The van der Waals surface area contributed by atoms with Gasteiger partial charge in [0.2, 0.25) is 5.91 Å². The molecule has 0 spiro atoms. The first-order valence-corrected chi connectivity index (χ1v) is 8.43. The van der Waals surface area contributed by atoms with Crippen LogP contribution in [0.2, 0.25) is 10.0 Å². The van der Waals surface area contributed by atoms with E-state index in [0.29, 0.717) is 5.02 Å². The van der Waals surface area contributed by atoms with E-state index >= 15 is 0 Å². The number of hydrogen-bond donors (Lipinski definition) is 2. The smallest absolute Gasteiger partial charge is 0.324 e. The summed E-state index contributed by atoms with van der Waals surface area (Å²) in [6.07, 6.45) is 0.425. The zero-order valence-electron chi connectivity index (χ0n) is 13.8. The molecular weight excluding hydrogens is 387 g/mol. The zero-order chi connectivity index (χ0) is 19.3. The molecule has 2 heterocycles. The van der Waals surface area contributed by atoms with Crippen LogP contribution in [-0.4, -0.2) is 52.9 Å². The minimum atomic E-state index is -1.08. The first kappa shape index (κ1) is 19.9. The molecule has 0 aliphatic carbocycles. The number of ether oxygens (including phenoxy) is 1. The Hall–Kier alpha value is -2.39. The highest BCUT2D eigenvalue weighted by Crippen LogP contribution is 2.22. The second-order valence-electron chi connectivity index (χ2n) is 5.41. The van der Waals surface area contributed by atoms with Gasteiger partial charge in [-0.1, -0.05) is 23.2 Å². The molecule has 11 heteroatoms. The maximum atomic E-state index is 12.0. The van der Waals surface area contributed by atoms with Gasteiger partial charge in [0.15, 0.2) is 11.9 Å². The molecular formula is C15H16Cl2N4O5. The Bertz CT molecular complexity index is 727. The van der Waals surface area contributed by atoms with Gasteiger partial charge in [-0.2, -0.15) is 0 Å². The molecule has 0 aromatic carbocycles. The molecule has 0 bridgehead atoms. The lowest BCUT2D eigenvalue weighted by Crippen LogP contribution is -2.33. The summed E-state index contributed by atoms with van der Waals surface area (Å²) in [6.45, 7) is 1.46. The number of carbonyl (C=O) groups is 4. The summed E-state index contributed by atoms with van der Waals surface area (Å²) < 4.78 is 5.01. The number of amides is 4. The van der Waals surface area contributed by atoms with Crippen molar-refractivity contribution in [2.45, 2.75) is 25.9 Å². The lowest BCUT2D eigenvalue weighted by Gasteiger charge is -2.15. The molecule has 2 rings (SSSR count). The van der Waals surface area contributed by atoms with E-state index in [2.05, 4.69) is 15.6 Å².